The normalized spacial score (nSPS) is 10.2. The Morgan fingerprint density at radius 2 is 2.05 bits per heavy atom. The zero-order chi connectivity index (χ0) is 15.2. The minimum absolute atomic E-state index is 0.195. The Bertz CT molecular complexity index is 622. The highest BCUT2D eigenvalue weighted by atomic mass is 79.9. The van der Waals surface area contributed by atoms with E-state index in [2.05, 4.69) is 25.9 Å². The summed E-state index contributed by atoms with van der Waals surface area (Å²) in [5.41, 5.74) is 0.216. The molecule has 5 nitrogen and oxygen atoms in total. The highest BCUT2D eigenvalue weighted by molar-refractivity contribution is 9.10. The van der Waals surface area contributed by atoms with Crippen molar-refractivity contribution in [1.82, 2.24) is 14.9 Å². The molecular formula is C14H13BrClN3O2. The molecule has 0 aliphatic rings. The zero-order valence-electron chi connectivity index (χ0n) is 11.3. The van der Waals surface area contributed by atoms with Gasteiger partial charge in [0.2, 0.25) is 0 Å². The summed E-state index contributed by atoms with van der Waals surface area (Å²) in [5.74, 6) is 0.506. The Balaban J connectivity index is 1.85. The van der Waals surface area contributed by atoms with E-state index < -0.39 is 0 Å². The molecule has 0 aliphatic heterocycles. The number of benzene rings is 1. The smallest absolute Gasteiger partial charge is 0.273 e. The Kier molecular flexibility index (Phi) is 5.52. The van der Waals surface area contributed by atoms with E-state index in [4.69, 9.17) is 16.3 Å². The zero-order valence-corrected chi connectivity index (χ0v) is 13.6. The molecule has 0 bridgehead atoms. The molecule has 2 rings (SSSR count). The van der Waals surface area contributed by atoms with Crippen LogP contribution in [0.5, 0.6) is 5.75 Å². The van der Waals surface area contributed by atoms with E-state index >= 15 is 0 Å². The van der Waals surface area contributed by atoms with Gasteiger partial charge < -0.3 is 9.64 Å². The molecule has 7 heteroatoms. The summed E-state index contributed by atoms with van der Waals surface area (Å²) >= 11 is 9.07. The number of rotatable bonds is 5. The van der Waals surface area contributed by atoms with E-state index in [0.29, 0.717) is 13.2 Å². The summed E-state index contributed by atoms with van der Waals surface area (Å²) in [6.45, 7) is 0.820. The largest absolute Gasteiger partial charge is 0.492 e. The molecule has 0 N–H and O–H groups in total. The van der Waals surface area contributed by atoms with E-state index in [1.807, 2.05) is 24.3 Å². The summed E-state index contributed by atoms with van der Waals surface area (Å²) in [6, 6.07) is 7.50. The Labute approximate surface area is 136 Å². The van der Waals surface area contributed by atoms with Crippen molar-refractivity contribution in [2.24, 2.45) is 0 Å². The van der Waals surface area contributed by atoms with Gasteiger partial charge in [0.05, 0.1) is 18.9 Å². The lowest BCUT2D eigenvalue weighted by molar-refractivity contribution is 0.0767. The van der Waals surface area contributed by atoms with Crippen LogP contribution in [0.1, 0.15) is 10.5 Å². The fourth-order valence-electron chi connectivity index (χ4n) is 1.57. The van der Waals surface area contributed by atoms with Crippen LogP contribution in [-0.2, 0) is 0 Å². The van der Waals surface area contributed by atoms with Gasteiger partial charge in [-0.1, -0.05) is 27.5 Å². The number of likely N-dealkylation sites (N-methyl/N-ethyl adjacent to an activating group) is 1. The van der Waals surface area contributed by atoms with E-state index in [-0.39, 0.29) is 16.8 Å². The number of carbonyl (C=O) groups is 1. The molecule has 1 heterocycles. The highest BCUT2D eigenvalue weighted by Gasteiger charge is 2.13. The molecule has 110 valence electrons. The molecule has 21 heavy (non-hydrogen) atoms. The number of carbonyl (C=O) groups excluding carboxylic acids is 1. The number of hydrogen-bond donors (Lipinski definition) is 0. The highest BCUT2D eigenvalue weighted by Crippen LogP contribution is 2.16. The monoisotopic (exact) mass is 369 g/mol. The first-order valence-corrected chi connectivity index (χ1v) is 7.35. The molecule has 0 aliphatic carbocycles. The molecule has 0 unspecified atom stereocenters. The third-order valence-electron chi connectivity index (χ3n) is 2.68. The van der Waals surface area contributed by atoms with Crippen LogP contribution >= 0.6 is 27.5 Å². The molecular weight excluding hydrogens is 358 g/mol. The summed E-state index contributed by atoms with van der Waals surface area (Å²) in [5, 5.41) is 0.195. The maximum Gasteiger partial charge on any atom is 0.273 e. The van der Waals surface area contributed by atoms with Gasteiger partial charge in [-0.15, -0.1) is 0 Å². The topological polar surface area (TPSA) is 55.3 Å². The number of ether oxygens (including phenoxy) is 1. The van der Waals surface area contributed by atoms with Gasteiger partial charge in [-0.05, 0) is 24.3 Å². The molecule has 0 radical (unpaired) electrons. The first kappa shape index (κ1) is 15.7. The SMILES string of the molecule is CN(CCOc1ccc(Br)cc1)C(=O)c1cncc(Cl)n1. The van der Waals surface area contributed by atoms with Crippen molar-refractivity contribution in [3.63, 3.8) is 0 Å². The minimum atomic E-state index is -0.246. The van der Waals surface area contributed by atoms with Crippen LogP contribution in [0.25, 0.3) is 0 Å². The van der Waals surface area contributed by atoms with Crippen molar-refractivity contribution in [2.75, 3.05) is 20.2 Å². The van der Waals surface area contributed by atoms with Crippen molar-refractivity contribution in [2.45, 2.75) is 0 Å². The Morgan fingerprint density at radius 1 is 1.33 bits per heavy atom. The van der Waals surface area contributed by atoms with Crippen LogP contribution in [0, 0.1) is 0 Å². The van der Waals surface area contributed by atoms with Crippen molar-refractivity contribution >= 4 is 33.4 Å². The van der Waals surface area contributed by atoms with Crippen LogP contribution in [0.2, 0.25) is 5.15 Å². The number of hydrogen-bond acceptors (Lipinski definition) is 4. The molecule has 0 fully saturated rings. The van der Waals surface area contributed by atoms with Crippen molar-refractivity contribution in [3.8, 4) is 5.75 Å². The van der Waals surface area contributed by atoms with E-state index in [1.165, 1.54) is 17.3 Å². The molecule has 1 amide bonds. The molecule has 2 aromatic rings. The Morgan fingerprint density at radius 3 is 2.71 bits per heavy atom. The summed E-state index contributed by atoms with van der Waals surface area (Å²) < 4.78 is 6.55. The van der Waals surface area contributed by atoms with Gasteiger partial charge in [0, 0.05) is 11.5 Å². The first-order chi connectivity index (χ1) is 10.1. The third-order valence-corrected chi connectivity index (χ3v) is 3.39. The van der Waals surface area contributed by atoms with Crippen molar-refractivity contribution < 1.29 is 9.53 Å². The Hall–Kier alpha value is -1.66. The second-order valence-corrected chi connectivity index (χ2v) is 5.56. The summed E-state index contributed by atoms with van der Waals surface area (Å²) in [4.78, 5) is 21.4. The predicted molar refractivity (Wildman–Crippen MR) is 83.6 cm³/mol. The minimum Gasteiger partial charge on any atom is -0.492 e. The van der Waals surface area contributed by atoms with Crippen molar-refractivity contribution in [1.29, 1.82) is 0 Å². The van der Waals surface area contributed by atoms with Crippen LogP contribution < -0.4 is 4.74 Å². The quantitative estimate of drug-likeness (QED) is 0.812. The second kappa shape index (κ2) is 7.38. The van der Waals surface area contributed by atoms with Crippen molar-refractivity contribution in [3.05, 3.63) is 52.0 Å². The lowest BCUT2D eigenvalue weighted by atomic mass is 10.3. The number of aromatic nitrogens is 2. The molecule has 1 aromatic heterocycles. The van der Waals surface area contributed by atoms with Gasteiger partial charge in [-0.2, -0.15) is 0 Å². The van der Waals surface area contributed by atoms with Crippen LogP contribution in [0.3, 0.4) is 0 Å². The van der Waals surface area contributed by atoms with Gasteiger partial charge >= 0.3 is 0 Å². The van der Waals surface area contributed by atoms with Crippen LogP contribution in [0.15, 0.2) is 41.1 Å². The number of amides is 1. The lowest BCUT2D eigenvalue weighted by Gasteiger charge is -2.17. The lowest BCUT2D eigenvalue weighted by Crippen LogP contribution is -2.31. The van der Waals surface area contributed by atoms with E-state index in [9.17, 15) is 4.79 Å². The fourth-order valence-corrected chi connectivity index (χ4v) is 1.99. The van der Waals surface area contributed by atoms with Crippen LogP contribution in [0.4, 0.5) is 0 Å². The fraction of sp³-hybridized carbons (Fsp3) is 0.214. The first-order valence-electron chi connectivity index (χ1n) is 6.17. The van der Waals surface area contributed by atoms with E-state index in [1.54, 1.807) is 7.05 Å². The van der Waals surface area contributed by atoms with Gasteiger partial charge in [0.15, 0.2) is 0 Å². The average molecular weight is 371 g/mol. The standard InChI is InChI=1S/C14H13BrClN3O2/c1-19(14(20)12-8-17-9-13(16)18-12)6-7-21-11-4-2-10(15)3-5-11/h2-5,8-9H,6-7H2,1H3. The average Bonchev–Trinajstić information content (AvgIpc) is 2.48. The second-order valence-electron chi connectivity index (χ2n) is 4.26. The van der Waals surface area contributed by atoms with Gasteiger partial charge in [0.1, 0.15) is 23.2 Å². The third kappa shape index (κ3) is 4.68. The summed E-state index contributed by atoms with van der Waals surface area (Å²) in [7, 11) is 1.68. The summed E-state index contributed by atoms with van der Waals surface area (Å²) in [6.07, 6.45) is 2.77. The maximum absolute atomic E-state index is 12.1. The van der Waals surface area contributed by atoms with Gasteiger partial charge in [-0.3, -0.25) is 9.78 Å². The molecule has 1 aromatic carbocycles. The number of nitrogens with zero attached hydrogens (tertiary/aromatic N) is 3. The number of halogens is 2. The molecule has 0 saturated heterocycles. The molecule has 0 atom stereocenters. The van der Waals surface area contributed by atoms with Gasteiger partial charge in [0.25, 0.3) is 5.91 Å². The molecule has 0 spiro atoms. The predicted octanol–water partition coefficient (Wildman–Crippen LogP) is 3.04. The maximum atomic E-state index is 12.1. The van der Waals surface area contributed by atoms with Gasteiger partial charge in [-0.25, -0.2) is 4.98 Å². The molecule has 0 saturated carbocycles. The van der Waals surface area contributed by atoms with E-state index in [0.717, 1.165) is 10.2 Å². The van der Waals surface area contributed by atoms with Crippen LogP contribution in [-0.4, -0.2) is 41.0 Å².